The van der Waals surface area contributed by atoms with Gasteiger partial charge in [-0.2, -0.15) is 0 Å². The molecule has 1 aromatic rings. The van der Waals surface area contributed by atoms with Crippen LogP contribution in [0, 0.1) is 5.92 Å². The third-order valence-corrected chi connectivity index (χ3v) is 4.17. The summed E-state index contributed by atoms with van der Waals surface area (Å²) in [6.45, 7) is 8.31. The van der Waals surface area contributed by atoms with Gasteiger partial charge in [-0.3, -0.25) is 0 Å². The summed E-state index contributed by atoms with van der Waals surface area (Å²) in [5.74, 6) is 0.522. The van der Waals surface area contributed by atoms with E-state index >= 15 is 0 Å². The minimum atomic E-state index is -0.697. The summed E-state index contributed by atoms with van der Waals surface area (Å²) in [5.41, 5.74) is 1.58. The van der Waals surface area contributed by atoms with E-state index in [9.17, 15) is 9.59 Å². The van der Waals surface area contributed by atoms with Crippen molar-refractivity contribution >= 4 is 12.0 Å². The summed E-state index contributed by atoms with van der Waals surface area (Å²) >= 11 is 0. The van der Waals surface area contributed by atoms with Gasteiger partial charge in [0.2, 0.25) is 0 Å². The molecule has 0 fully saturated rings. The van der Waals surface area contributed by atoms with Crippen LogP contribution in [0.2, 0.25) is 0 Å². The Morgan fingerprint density at radius 1 is 1.26 bits per heavy atom. The summed E-state index contributed by atoms with van der Waals surface area (Å²) in [5, 5.41) is 5.58. The number of benzene rings is 1. The van der Waals surface area contributed by atoms with E-state index in [0.29, 0.717) is 34.9 Å². The summed E-state index contributed by atoms with van der Waals surface area (Å²) in [7, 11) is 1.56. The maximum absolute atomic E-state index is 12.7. The van der Waals surface area contributed by atoms with Crippen LogP contribution in [0.3, 0.4) is 0 Å². The molecule has 0 aliphatic carbocycles. The molecule has 7 nitrogen and oxygen atoms in total. The van der Waals surface area contributed by atoms with Gasteiger partial charge >= 0.3 is 12.0 Å². The molecule has 0 bridgehead atoms. The smallest absolute Gasteiger partial charge is 0.338 e. The van der Waals surface area contributed by atoms with E-state index in [-0.39, 0.29) is 18.6 Å². The highest BCUT2D eigenvalue weighted by atomic mass is 16.5. The first-order valence-corrected chi connectivity index (χ1v) is 9.22. The van der Waals surface area contributed by atoms with Crippen LogP contribution in [0.1, 0.15) is 45.7 Å². The predicted octanol–water partition coefficient (Wildman–Crippen LogP) is 3.31. The third kappa shape index (κ3) is 4.53. The highest BCUT2D eigenvalue weighted by molar-refractivity contribution is 5.95. The van der Waals surface area contributed by atoms with Crippen molar-refractivity contribution in [3.63, 3.8) is 0 Å². The molecule has 1 heterocycles. The Kier molecular flexibility index (Phi) is 7.10. The number of carbonyl (C=O) groups excluding carboxylic acids is 2. The molecular weight excluding hydrogens is 348 g/mol. The SMILES string of the molecule is CCCOc1c(OC)cccc1C1NC(=O)NC(C(C)C)=C1C(=O)OCC. The van der Waals surface area contributed by atoms with E-state index in [2.05, 4.69) is 10.6 Å². The second kappa shape index (κ2) is 9.30. The van der Waals surface area contributed by atoms with Crippen LogP contribution in [0.15, 0.2) is 29.5 Å². The van der Waals surface area contributed by atoms with Crippen molar-refractivity contribution in [3.05, 3.63) is 35.0 Å². The third-order valence-electron chi connectivity index (χ3n) is 4.17. The van der Waals surface area contributed by atoms with Crippen LogP contribution in [0.25, 0.3) is 0 Å². The standard InChI is InChI=1S/C20H28N2O5/c1-6-11-27-18-13(9-8-10-14(18)25-5)17-15(19(23)26-7-2)16(12(3)4)21-20(24)22-17/h8-10,12,17H,6-7,11H2,1-5H3,(H2,21,22,24). The Morgan fingerprint density at radius 3 is 2.59 bits per heavy atom. The molecule has 1 unspecified atom stereocenters. The van der Waals surface area contributed by atoms with Crippen molar-refractivity contribution in [2.75, 3.05) is 20.3 Å². The van der Waals surface area contributed by atoms with E-state index < -0.39 is 12.0 Å². The molecule has 1 aliphatic heterocycles. The molecule has 148 valence electrons. The molecular formula is C20H28N2O5. The zero-order valence-electron chi connectivity index (χ0n) is 16.5. The maximum atomic E-state index is 12.7. The van der Waals surface area contributed by atoms with Crippen molar-refractivity contribution in [2.24, 2.45) is 5.92 Å². The number of methoxy groups -OCH3 is 1. The first kappa shape index (κ1) is 20.6. The molecule has 2 rings (SSSR count). The van der Waals surface area contributed by atoms with Gasteiger partial charge in [0, 0.05) is 11.3 Å². The van der Waals surface area contributed by atoms with E-state index in [0.717, 1.165) is 6.42 Å². The predicted molar refractivity (Wildman–Crippen MR) is 102 cm³/mol. The van der Waals surface area contributed by atoms with Crippen LogP contribution in [-0.4, -0.2) is 32.3 Å². The Balaban J connectivity index is 2.64. The number of ether oxygens (including phenoxy) is 3. The van der Waals surface area contributed by atoms with Crippen LogP contribution in [-0.2, 0) is 9.53 Å². The molecule has 2 N–H and O–H groups in total. The zero-order valence-corrected chi connectivity index (χ0v) is 16.5. The van der Waals surface area contributed by atoms with Crippen molar-refractivity contribution < 1.29 is 23.8 Å². The fourth-order valence-corrected chi connectivity index (χ4v) is 2.99. The quantitative estimate of drug-likeness (QED) is 0.680. The fourth-order valence-electron chi connectivity index (χ4n) is 2.99. The van der Waals surface area contributed by atoms with Crippen LogP contribution < -0.4 is 20.1 Å². The van der Waals surface area contributed by atoms with Crippen molar-refractivity contribution in [1.29, 1.82) is 0 Å². The van der Waals surface area contributed by atoms with Gasteiger partial charge < -0.3 is 24.8 Å². The Morgan fingerprint density at radius 2 is 2.00 bits per heavy atom. The molecule has 0 saturated heterocycles. The number of urea groups is 1. The molecule has 7 heteroatoms. The molecule has 0 saturated carbocycles. The van der Waals surface area contributed by atoms with Gasteiger partial charge in [0.1, 0.15) is 0 Å². The van der Waals surface area contributed by atoms with Crippen LogP contribution >= 0.6 is 0 Å². The molecule has 1 aliphatic rings. The molecule has 1 aromatic carbocycles. The van der Waals surface area contributed by atoms with Gasteiger partial charge in [0.15, 0.2) is 11.5 Å². The summed E-state index contributed by atoms with van der Waals surface area (Å²) < 4.78 is 16.6. The molecule has 0 aromatic heterocycles. The number of hydrogen-bond acceptors (Lipinski definition) is 5. The number of para-hydroxylation sites is 1. The Bertz CT molecular complexity index is 727. The number of hydrogen-bond donors (Lipinski definition) is 2. The van der Waals surface area contributed by atoms with E-state index in [1.165, 1.54) is 0 Å². The highest BCUT2D eigenvalue weighted by Crippen LogP contribution is 2.40. The number of nitrogens with one attached hydrogen (secondary N) is 2. The molecule has 2 amide bonds. The number of rotatable bonds is 8. The van der Waals surface area contributed by atoms with Crippen molar-refractivity contribution in [1.82, 2.24) is 10.6 Å². The monoisotopic (exact) mass is 376 g/mol. The fraction of sp³-hybridized carbons (Fsp3) is 0.500. The summed E-state index contributed by atoms with van der Waals surface area (Å²) in [6, 6.07) is 4.34. The molecule has 0 spiro atoms. The lowest BCUT2D eigenvalue weighted by molar-refractivity contribution is -0.139. The van der Waals surface area contributed by atoms with Gasteiger partial charge in [0.25, 0.3) is 0 Å². The second-order valence-electron chi connectivity index (χ2n) is 6.46. The van der Waals surface area contributed by atoms with Crippen molar-refractivity contribution in [2.45, 2.75) is 40.2 Å². The van der Waals surface area contributed by atoms with Crippen LogP contribution in [0.4, 0.5) is 4.79 Å². The lowest BCUT2D eigenvalue weighted by atomic mass is 9.91. The lowest BCUT2D eigenvalue weighted by Gasteiger charge is -2.32. The van der Waals surface area contributed by atoms with Gasteiger partial charge in [-0.15, -0.1) is 0 Å². The van der Waals surface area contributed by atoms with Gasteiger partial charge in [-0.05, 0) is 25.3 Å². The normalized spacial score (nSPS) is 16.7. The van der Waals surface area contributed by atoms with E-state index in [4.69, 9.17) is 14.2 Å². The zero-order chi connectivity index (χ0) is 20.0. The molecule has 1 atom stereocenters. The van der Waals surface area contributed by atoms with Crippen LogP contribution in [0.5, 0.6) is 11.5 Å². The maximum Gasteiger partial charge on any atom is 0.338 e. The van der Waals surface area contributed by atoms with Crippen molar-refractivity contribution in [3.8, 4) is 11.5 Å². The molecule has 27 heavy (non-hydrogen) atoms. The summed E-state index contributed by atoms with van der Waals surface area (Å²) in [6.07, 6.45) is 0.813. The largest absolute Gasteiger partial charge is 0.493 e. The minimum absolute atomic E-state index is 0.0661. The van der Waals surface area contributed by atoms with Gasteiger partial charge in [-0.25, -0.2) is 9.59 Å². The average Bonchev–Trinajstić information content (AvgIpc) is 2.65. The highest BCUT2D eigenvalue weighted by Gasteiger charge is 2.36. The molecule has 0 radical (unpaired) electrons. The number of carbonyl (C=O) groups is 2. The second-order valence-corrected chi connectivity index (χ2v) is 6.46. The Labute approximate surface area is 160 Å². The van der Waals surface area contributed by atoms with Gasteiger partial charge in [0.05, 0.1) is 31.9 Å². The average molecular weight is 376 g/mol. The number of amides is 2. The lowest BCUT2D eigenvalue weighted by Crippen LogP contribution is -2.47. The summed E-state index contributed by atoms with van der Waals surface area (Å²) in [4.78, 5) is 25.0. The number of esters is 1. The van der Waals surface area contributed by atoms with Gasteiger partial charge in [-0.1, -0.05) is 32.9 Å². The Hall–Kier alpha value is -2.70. The minimum Gasteiger partial charge on any atom is -0.493 e. The topological polar surface area (TPSA) is 85.9 Å². The number of allylic oxidation sites excluding steroid dienone is 1. The van der Waals surface area contributed by atoms with E-state index in [1.54, 1.807) is 26.2 Å². The van der Waals surface area contributed by atoms with E-state index in [1.807, 2.05) is 26.8 Å². The first-order chi connectivity index (χ1) is 12.9. The first-order valence-electron chi connectivity index (χ1n) is 9.22.